The fourth-order valence-corrected chi connectivity index (χ4v) is 5.27. The number of aromatic nitrogens is 2. The summed E-state index contributed by atoms with van der Waals surface area (Å²) >= 11 is 8.25. The molecule has 0 radical (unpaired) electrons. The summed E-state index contributed by atoms with van der Waals surface area (Å²) in [6, 6.07) is 6.00. The van der Waals surface area contributed by atoms with Crippen LogP contribution in [0.3, 0.4) is 0 Å². The lowest BCUT2D eigenvalue weighted by molar-refractivity contribution is 0.174. The van der Waals surface area contributed by atoms with Crippen LogP contribution in [-0.4, -0.2) is 16.8 Å². The van der Waals surface area contributed by atoms with Crippen LogP contribution >= 0.6 is 22.9 Å². The zero-order valence-corrected chi connectivity index (χ0v) is 17.3. The van der Waals surface area contributed by atoms with E-state index in [9.17, 15) is 0 Å². The molecule has 28 heavy (non-hydrogen) atoms. The van der Waals surface area contributed by atoms with Crippen molar-refractivity contribution in [1.29, 1.82) is 0 Å². The van der Waals surface area contributed by atoms with Crippen LogP contribution < -0.4 is 14.8 Å². The number of anilines is 1. The normalized spacial score (nSPS) is 16.6. The Morgan fingerprint density at radius 1 is 1.14 bits per heavy atom. The van der Waals surface area contributed by atoms with Gasteiger partial charge in [-0.15, -0.1) is 11.3 Å². The van der Waals surface area contributed by atoms with Gasteiger partial charge in [0.1, 0.15) is 16.5 Å². The van der Waals surface area contributed by atoms with Crippen LogP contribution in [-0.2, 0) is 6.54 Å². The topological polar surface area (TPSA) is 56.3 Å². The lowest BCUT2D eigenvalue weighted by atomic mass is 9.88. The standard InChI is InChI=1S/C21H22ClN3O2S/c1-12-18(22)17-20(23-10-13-7-8-15-16(9-13)27-11-26-15)24-19(25-21(17)28-12)14-5-3-2-4-6-14/h7-9,14H,2-6,10-11H2,1H3,(H,23,24,25). The van der Waals surface area contributed by atoms with E-state index in [4.69, 9.17) is 31.0 Å². The summed E-state index contributed by atoms with van der Waals surface area (Å²) < 4.78 is 10.9. The highest BCUT2D eigenvalue weighted by atomic mass is 35.5. The summed E-state index contributed by atoms with van der Waals surface area (Å²) in [7, 11) is 0. The van der Waals surface area contributed by atoms with Gasteiger partial charge in [0.05, 0.1) is 10.4 Å². The number of hydrogen-bond donors (Lipinski definition) is 1. The molecule has 1 saturated carbocycles. The quantitative estimate of drug-likeness (QED) is 0.562. The van der Waals surface area contributed by atoms with E-state index in [0.717, 1.165) is 48.8 Å². The van der Waals surface area contributed by atoms with E-state index in [2.05, 4.69) is 5.32 Å². The third-order valence-electron chi connectivity index (χ3n) is 5.54. The third kappa shape index (κ3) is 3.29. The van der Waals surface area contributed by atoms with Crippen LogP contribution in [0, 0.1) is 6.92 Å². The summed E-state index contributed by atoms with van der Waals surface area (Å²) in [6.45, 7) is 2.96. The van der Waals surface area contributed by atoms with E-state index in [1.54, 1.807) is 11.3 Å². The molecule has 5 rings (SSSR count). The first kappa shape index (κ1) is 18.0. The van der Waals surface area contributed by atoms with Crippen LogP contribution in [0.2, 0.25) is 5.02 Å². The lowest BCUT2D eigenvalue weighted by Gasteiger charge is -2.21. The van der Waals surface area contributed by atoms with E-state index in [1.807, 2.05) is 25.1 Å². The molecule has 5 nitrogen and oxygen atoms in total. The van der Waals surface area contributed by atoms with Crippen molar-refractivity contribution in [3.05, 3.63) is 39.5 Å². The third-order valence-corrected chi connectivity index (χ3v) is 7.12. The van der Waals surface area contributed by atoms with E-state index >= 15 is 0 Å². The van der Waals surface area contributed by atoms with Crippen molar-refractivity contribution in [3.8, 4) is 11.5 Å². The minimum Gasteiger partial charge on any atom is -0.454 e. The molecule has 7 heteroatoms. The molecule has 1 fully saturated rings. The molecule has 0 saturated heterocycles. The minimum atomic E-state index is 0.285. The second-order valence-electron chi connectivity index (χ2n) is 7.46. The predicted molar refractivity (Wildman–Crippen MR) is 113 cm³/mol. The van der Waals surface area contributed by atoms with Crippen LogP contribution in [0.25, 0.3) is 10.2 Å². The molecular formula is C21H22ClN3O2S. The molecule has 3 aromatic rings. The molecule has 1 aliphatic heterocycles. The number of rotatable bonds is 4. The summed E-state index contributed by atoms with van der Waals surface area (Å²) in [5.74, 6) is 3.82. The first-order valence-electron chi connectivity index (χ1n) is 9.78. The van der Waals surface area contributed by atoms with Crippen molar-refractivity contribution in [1.82, 2.24) is 9.97 Å². The zero-order chi connectivity index (χ0) is 19.1. The van der Waals surface area contributed by atoms with Gasteiger partial charge < -0.3 is 14.8 Å². The SMILES string of the molecule is Cc1sc2nc(C3CCCCC3)nc(NCc3ccc4c(c3)OCO4)c2c1Cl. The van der Waals surface area contributed by atoms with Gasteiger partial charge in [0.25, 0.3) is 0 Å². The van der Waals surface area contributed by atoms with Crippen molar-refractivity contribution in [2.45, 2.75) is 51.5 Å². The number of hydrogen-bond acceptors (Lipinski definition) is 6. The Kier molecular flexibility index (Phi) is 4.77. The second-order valence-corrected chi connectivity index (χ2v) is 9.04. The monoisotopic (exact) mass is 415 g/mol. The van der Waals surface area contributed by atoms with Gasteiger partial charge in [-0.1, -0.05) is 36.9 Å². The summed E-state index contributed by atoms with van der Waals surface area (Å²) in [4.78, 5) is 11.9. The molecule has 3 heterocycles. The van der Waals surface area contributed by atoms with Crippen molar-refractivity contribution in [2.75, 3.05) is 12.1 Å². The Balaban J connectivity index is 1.47. The molecule has 2 aromatic heterocycles. The Bertz CT molecular complexity index is 1030. The Morgan fingerprint density at radius 2 is 1.96 bits per heavy atom. The average Bonchev–Trinajstić information content (AvgIpc) is 3.30. The van der Waals surface area contributed by atoms with Crippen molar-refractivity contribution in [2.24, 2.45) is 0 Å². The maximum atomic E-state index is 6.60. The van der Waals surface area contributed by atoms with Gasteiger partial charge in [0, 0.05) is 17.3 Å². The Labute approximate surface area is 173 Å². The fourth-order valence-electron chi connectivity index (χ4n) is 4.00. The second kappa shape index (κ2) is 7.41. The molecule has 1 aliphatic carbocycles. The van der Waals surface area contributed by atoms with Crippen LogP contribution in [0.4, 0.5) is 5.82 Å². The highest BCUT2D eigenvalue weighted by Crippen LogP contribution is 2.40. The maximum absolute atomic E-state index is 6.60. The fraction of sp³-hybridized carbons (Fsp3) is 0.429. The van der Waals surface area contributed by atoms with Gasteiger partial charge in [0.15, 0.2) is 11.5 Å². The van der Waals surface area contributed by atoms with E-state index in [-0.39, 0.29) is 6.79 Å². The molecule has 1 N–H and O–H groups in total. The molecule has 146 valence electrons. The van der Waals surface area contributed by atoms with Gasteiger partial charge in [-0.25, -0.2) is 9.97 Å². The molecule has 1 aromatic carbocycles. The highest BCUT2D eigenvalue weighted by Gasteiger charge is 2.22. The van der Waals surface area contributed by atoms with Crippen molar-refractivity contribution < 1.29 is 9.47 Å². The van der Waals surface area contributed by atoms with E-state index in [0.29, 0.717) is 12.5 Å². The van der Waals surface area contributed by atoms with Gasteiger partial charge in [-0.3, -0.25) is 0 Å². The Morgan fingerprint density at radius 3 is 2.82 bits per heavy atom. The van der Waals surface area contributed by atoms with E-state index in [1.165, 1.54) is 32.1 Å². The average molecular weight is 416 g/mol. The van der Waals surface area contributed by atoms with E-state index < -0.39 is 0 Å². The highest BCUT2D eigenvalue weighted by molar-refractivity contribution is 7.19. The number of halogens is 1. The van der Waals surface area contributed by atoms with Crippen LogP contribution in [0.15, 0.2) is 18.2 Å². The predicted octanol–water partition coefficient (Wildman–Crippen LogP) is 6.04. The number of fused-ring (bicyclic) bond motifs is 2. The molecule has 2 aliphatic rings. The minimum absolute atomic E-state index is 0.285. The number of nitrogens with one attached hydrogen (secondary N) is 1. The molecule has 0 unspecified atom stereocenters. The lowest BCUT2D eigenvalue weighted by Crippen LogP contribution is -2.11. The van der Waals surface area contributed by atoms with Gasteiger partial charge in [-0.2, -0.15) is 0 Å². The number of nitrogens with zero attached hydrogens (tertiary/aromatic N) is 2. The van der Waals surface area contributed by atoms with Crippen molar-refractivity contribution in [3.63, 3.8) is 0 Å². The smallest absolute Gasteiger partial charge is 0.231 e. The van der Waals surface area contributed by atoms with Gasteiger partial charge >= 0.3 is 0 Å². The largest absolute Gasteiger partial charge is 0.454 e. The molecule has 0 bridgehead atoms. The first-order chi connectivity index (χ1) is 13.7. The van der Waals surface area contributed by atoms with Gasteiger partial charge in [0.2, 0.25) is 6.79 Å². The number of thiophene rings is 1. The molecule has 0 spiro atoms. The first-order valence-corrected chi connectivity index (χ1v) is 11.0. The van der Waals surface area contributed by atoms with Gasteiger partial charge in [-0.05, 0) is 37.5 Å². The number of benzene rings is 1. The number of aryl methyl sites for hydroxylation is 1. The summed E-state index contributed by atoms with van der Waals surface area (Å²) in [5.41, 5.74) is 1.11. The summed E-state index contributed by atoms with van der Waals surface area (Å²) in [6.07, 6.45) is 6.18. The molecular weight excluding hydrogens is 394 g/mol. The molecule has 0 amide bonds. The van der Waals surface area contributed by atoms with Crippen molar-refractivity contribution >= 4 is 39.0 Å². The zero-order valence-electron chi connectivity index (χ0n) is 15.8. The summed E-state index contributed by atoms with van der Waals surface area (Å²) in [5, 5.41) is 5.19. The maximum Gasteiger partial charge on any atom is 0.231 e. The Hall–Kier alpha value is -2.05. The van der Waals surface area contributed by atoms with Crippen LogP contribution in [0.5, 0.6) is 11.5 Å². The number of ether oxygens (including phenoxy) is 2. The molecule has 0 atom stereocenters. The van der Waals surface area contributed by atoms with Crippen LogP contribution in [0.1, 0.15) is 54.3 Å².